The summed E-state index contributed by atoms with van der Waals surface area (Å²) in [6.45, 7) is 1.70. The lowest BCUT2D eigenvalue weighted by atomic mass is 9.91. The van der Waals surface area contributed by atoms with Gasteiger partial charge in [0.2, 0.25) is 0 Å². The molecular formula is C27H30N6O3. The molecule has 5 rings (SSSR count). The molecule has 1 saturated heterocycles. The molecule has 4 aromatic rings. The van der Waals surface area contributed by atoms with Crippen molar-refractivity contribution < 1.29 is 9.90 Å². The highest BCUT2D eigenvalue weighted by molar-refractivity contribution is 5.95. The Morgan fingerprint density at radius 3 is 2.61 bits per heavy atom. The smallest absolute Gasteiger partial charge is 0.264 e. The number of carbonyl (C=O) groups excluding carboxylic acids is 1. The van der Waals surface area contributed by atoms with Gasteiger partial charge >= 0.3 is 0 Å². The van der Waals surface area contributed by atoms with Crippen molar-refractivity contribution in [3.05, 3.63) is 88.6 Å². The van der Waals surface area contributed by atoms with Gasteiger partial charge in [0.1, 0.15) is 11.7 Å². The summed E-state index contributed by atoms with van der Waals surface area (Å²) in [7, 11) is 3.74. The van der Waals surface area contributed by atoms with Crippen molar-refractivity contribution in [1.29, 1.82) is 0 Å². The summed E-state index contributed by atoms with van der Waals surface area (Å²) in [5, 5.41) is 15.7. The molecule has 1 aliphatic rings. The van der Waals surface area contributed by atoms with Gasteiger partial charge in [-0.3, -0.25) is 18.8 Å². The van der Waals surface area contributed by atoms with Crippen LogP contribution in [0.25, 0.3) is 11.0 Å². The van der Waals surface area contributed by atoms with Crippen molar-refractivity contribution in [2.24, 2.45) is 7.05 Å². The van der Waals surface area contributed by atoms with Gasteiger partial charge in [0.25, 0.3) is 11.5 Å². The number of likely N-dealkylation sites (tertiary alicyclic amines) is 1. The molecule has 0 atom stereocenters. The van der Waals surface area contributed by atoms with Gasteiger partial charge in [-0.05, 0) is 36.6 Å². The van der Waals surface area contributed by atoms with Crippen LogP contribution in [0.15, 0.2) is 71.9 Å². The first-order chi connectivity index (χ1) is 17.3. The number of rotatable bonds is 6. The van der Waals surface area contributed by atoms with Crippen LogP contribution in [0.2, 0.25) is 0 Å². The van der Waals surface area contributed by atoms with E-state index in [-0.39, 0.29) is 18.0 Å². The number of nitrogens with zero attached hydrogens (tertiary/aromatic N) is 6. The van der Waals surface area contributed by atoms with E-state index in [2.05, 4.69) is 27.1 Å². The van der Waals surface area contributed by atoms with Crippen LogP contribution in [0.4, 0.5) is 5.69 Å². The van der Waals surface area contributed by atoms with Crippen molar-refractivity contribution in [3.63, 3.8) is 0 Å². The van der Waals surface area contributed by atoms with Crippen LogP contribution in [-0.4, -0.2) is 61.0 Å². The largest absolute Gasteiger partial charge is 0.388 e. The third-order valence-corrected chi connectivity index (χ3v) is 6.96. The maximum absolute atomic E-state index is 13.3. The quantitative estimate of drug-likeness (QED) is 0.450. The van der Waals surface area contributed by atoms with E-state index in [0.717, 1.165) is 12.2 Å². The van der Waals surface area contributed by atoms with Gasteiger partial charge in [-0.25, -0.2) is 4.98 Å². The molecule has 1 N–H and O–H groups in total. The SMILES string of the molecule is CN(Cc1ccccc1)c1cccc(C(=O)N2CCC(O)(Cn3cnc4c(cnn4C)c3=O)CC2)c1. The fourth-order valence-corrected chi connectivity index (χ4v) is 4.79. The van der Waals surface area contributed by atoms with Gasteiger partial charge in [0.05, 0.1) is 18.3 Å². The second-order valence-corrected chi connectivity index (χ2v) is 9.59. The predicted octanol–water partition coefficient (Wildman–Crippen LogP) is 2.43. The number of anilines is 1. The average Bonchev–Trinajstić information content (AvgIpc) is 3.27. The predicted molar refractivity (Wildman–Crippen MR) is 138 cm³/mol. The van der Waals surface area contributed by atoms with E-state index in [0.29, 0.717) is 42.5 Å². The van der Waals surface area contributed by atoms with E-state index >= 15 is 0 Å². The maximum Gasteiger partial charge on any atom is 0.264 e. The Labute approximate surface area is 209 Å². The van der Waals surface area contributed by atoms with E-state index < -0.39 is 5.60 Å². The number of aliphatic hydroxyl groups is 1. The van der Waals surface area contributed by atoms with Crippen molar-refractivity contribution in [1.82, 2.24) is 24.2 Å². The van der Waals surface area contributed by atoms with Crippen LogP contribution in [0.1, 0.15) is 28.8 Å². The molecule has 0 bridgehead atoms. The molecular weight excluding hydrogens is 456 g/mol. The van der Waals surface area contributed by atoms with Crippen LogP contribution >= 0.6 is 0 Å². The Bertz CT molecular complexity index is 1440. The first kappa shape index (κ1) is 23.7. The molecule has 186 valence electrons. The summed E-state index contributed by atoms with van der Waals surface area (Å²) in [5.41, 5.74) is 1.99. The van der Waals surface area contributed by atoms with Crippen molar-refractivity contribution >= 4 is 22.6 Å². The first-order valence-electron chi connectivity index (χ1n) is 12.1. The molecule has 0 radical (unpaired) electrons. The fraction of sp³-hybridized carbons (Fsp3) is 0.333. The van der Waals surface area contributed by atoms with Crippen LogP contribution in [-0.2, 0) is 20.1 Å². The van der Waals surface area contributed by atoms with Gasteiger partial charge in [-0.1, -0.05) is 36.4 Å². The van der Waals surface area contributed by atoms with Crippen LogP contribution < -0.4 is 10.5 Å². The number of hydrogen-bond acceptors (Lipinski definition) is 6. The van der Waals surface area contributed by atoms with Gasteiger partial charge in [-0.15, -0.1) is 0 Å². The second-order valence-electron chi connectivity index (χ2n) is 9.59. The number of aryl methyl sites for hydroxylation is 1. The molecule has 3 heterocycles. The Morgan fingerprint density at radius 1 is 1.11 bits per heavy atom. The van der Waals surface area contributed by atoms with Crippen molar-refractivity contribution in [3.8, 4) is 0 Å². The number of piperidine rings is 1. The molecule has 9 heteroatoms. The highest BCUT2D eigenvalue weighted by atomic mass is 16.3. The molecule has 0 saturated carbocycles. The lowest BCUT2D eigenvalue weighted by Crippen LogP contribution is -2.49. The molecule has 36 heavy (non-hydrogen) atoms. The van der Waals surface area contributed by atoms with Crippen LogP contribution in [0.5, 0.6) is 0 Å². The standard InChI is InChI=1S/C27H30N6O3/c1-30(17-20-7-4-3-5-8-20)22-10-6-9-21(15-22)25(34)32-13-11-27(36,12-14-32)18-33-19-28-24-23(26(33)35)16-29-31(24)2/h3-10,15-16,19,36H,11-14,17-18H2,1-2H3. The summed E-state index contributed by atoms with van der Waals surface area (Å²) >= 11 is 0. The zero-order valence-electron chi connectivity index (χ0n) is 20.5. The Morgan fingerprint density at radius 2 is 1.86 bits per heavy atom. The molecule has 1 fully saturated rings. The summed E-state index contributed by atoms with van der Waals surface area (Å²) in [6, 6.07) is 17.8. The Hall–Kier alpha value is -3.98. The summed E-state index contributed by atoms with van der Waals surface area (Å²) < 4.78 is 2.99. The van der Waals surface area contributed by atoms with E-state index in [9.17, 15) is 14.7 Å². The fourth-order valence-electron chi connectivity index (χ4n) is 4.79. The zero-order valence-corrected chi connectivity index (χ0v) is 20.5. The number of fused-ring (bicyclic) bond motifs is 1. The minimum absolute atomic E-state index is 0.0531. The monoisotopic (exact) mass is 486 g/mol. The lowest BCUT2D eigenvalue weighted by molar-refractivity contribution is -0.0299. The number of aromatic nitrogens is 4. The van der Waals surface area contributed by atoms with E-state index in [1.807, 2.05) is 49.5 Å². The zero-order chi connectivity index (χ0) is 25.3. The minimum Gasteiger partial charge on any atom is -0.388 e. The molecule has 2 aromatic heterocycles. The lowest BCUT2D eigenvalue weighted by Gasteiger charge is -2.38. The molecule has 2 aromatic carbocycles. The number of hydrogen-bond donors (Lipinski definition) is 1. The summed E-state index contributed by atoms with van der Waals surface area (Å²) in [5.74, 6) is -0.0531. The summed E-state index contributed by atoms with van der Waals surface area (Å²) in [4.78, 5) is 34.3. The Balaban J connectivity index is 1.24. The maximum atomic E-state index is 13.3. The van der Waals surface area contributed by atoms with Crippen molar-refractivity contribution in [2.75, 3.05) is 25.0 Å². The van der Waals surface area contributed by atoms with E-state index in [1.54, 1.807) is 16.6 Å². The highest BCUT2D eigenvalue weighted by Gasteiger charge is 2.35. The van der Waals surface area contributed by atoms with Gasteiger partial charge in [0.15, 0.2) is 5.65 Å². The topological polar surface area (TPSA) is 96.5 Å². The van der Waals surface area contributed by atoms with E-state index in [1.165, 1.54) is 22.7 Å². The van der Waals surface area contributed by atoms with Crippen LogP contribution in [0.3, 0.4) is 0 Å². The molecule has 1 aliphatic heterocycles. The highest BCUT2D eigenvalue weighted by Crippen LogP contribution is 2.26. The molecule has 9 nitrogen and oxygen atoms in total. The number of carbonyl (C=O) groups is 1. The second kappa shape index (κ2) is 9.58. The van der Waals surface area contributed by atoms with Gasteiger partial charge in [-0.2, -0.15) is 5.10 Å². The van der Waals surface area contributed by atoms with Crippen LogP contribution in [0, 0.1) is 0 Å². The van der Waals surface area contributed by atoms with Gasteiger partial charge < -0.3 is 14.9 Å². The normalized spacial score (nSPS) is 15.2. The molecule has 0 aliphatic carbocycles. The third-order valence-electron chi connectivity index (χ3n) is 6.96. The number of benzene rings is 2. The minimum atomic E-state index is -1.09. The van der Waals surface area contributed by atoms with Crippen molar-refractivity contribution in [2.45, 2.75) is 31.5 Å². The van der Waals surface area contributed by atoms with Gasteiger partial charge in [0, 0.05) is 45.0 Å². The molecule has 0 spiro atoms. The third kappa shape index (κ3) is 4.74. The van der Waals surface area contributed by atoms with E-state index in [4.69, 9.17) is 0 Å². The number of amides is 1. The Kier molecular flexibility index (Phi) is 6.32. The molecule has 0 unspecified atom stereocenters. The average molecular weight is 487 g/mol. The molecule has 1 amide bonds. The first-order valence-corrected chi connectivity index (χ1v) is 12.1. The summed E-state index contributed by atoms with van der Waals surface area (Å²) in [6.07, 6.45) is 3.71.